The number of imide groups is 1. The maximum Gasteiger partial charge on any atom is 0.321 e. The molecule has 0 aromatic heterocycles. The molecular formula is C12H17N3O2. The van der Waals surface area contributed by atoms with E-state index in [9.17, 15) is 9.59 Å². The Morgan fingerprint density at radius 3 is 2.59 bits per heavy atom. The van der Waals surface area contributed by atoms with Gasteiger partial charge in [-0.25, -0.2) is 4.79 Å². The van der Waals surface area contributed by atoms with Crippen molar-refractivity contribution in [3.63, 3.8) is 0 Å². The lowest BCUT2D eigenvalue weighted by Gasteiger charge is -2.14. The molecule has 0 aliphatic heterocycles. The molecule has 0 radical (unpaired) electrons. The molecule has 1 atom stereocenters. The molecule has 0 aliphatic carbocycles. The number of benzene rings is 1. The number of aryl methyl sites for hydroxylation is 1. The zero-order valence-corrected chi connectivity index (χ0v) is 10.2. The molecule has 0 aliphatic rings. The summed E-state index contributed by atoms with van der Waals surface area (Å²) in [6, 6.07) is 6.70. The SMILES string of the molecule is CNC(=O)NC(=O)[C@@H](C)Nc1cccc(C)c1. The topological polar surface area (TPSA) is 70.2 Å². The van der Waals surface area contributed by atoms with Crippen LogP contribution in [0.15, 0.2) is 24.3 Å². The van der Waals surface area contributed by atoms with Crippen molar-refractivity contribution in [1.29, 1.82) is 0 Å². The monoisotopic (exact) mass is 235 g/mol. The van der Waals surface area contributed by atoms with E-state index in [2.05, 4.69) is 16.0 Å². The van der Waals surface area contributed by atoms with Gasteiger partial charge in [-0.05, 0) is 31.5 Å². The van der Waals surface area contributed by atoms with Crippen LogP contribution in [-0.4, -0.2) is 25.0 Å². The smallest absolute Gasteiger partial charge is 0.321 e. The van der Waals surface area contributed by atoms with E-state index in [0.717, 1.165) is 11.3 Å². The van der Waals surface area contributed by atoms with E-state index in [4.69, 9.17) is 0 Å². The van der Waals surface area contributed by atoms with Crippen LogP contribution >= 0.6 is 0 Å². The number of hydrogen-bond donors (Lipinski definition) is 3. The molecule has 0 unspecified atom stereocenters. The lowest BCUT2D eigenvalue weighted by atomic mass is 10.2. The van der Waals surface area contributed by atoms with Crippen molar-refractivity contribution in [2.24, 2.45) is 0 Å². The molecule has 0 saturated heterocycles. The fourth-order valence-electron chi connectivity index (χ4n) is 1.33. The minimum Gasteiger partial charge on any atom is -0.374 e. The summed E-state index contributed by atoms with van der Waals surface area (Å²) in [6.45, 7) is 3.67. The lowest BCUT2D eigenvalue weighted by molar-refractivity contribution is -0.120. The van der Waals surface area contributed by atoms with Crippen molar-refractivity contribution in [3.05, 3.63) is 29.8 Å². The Bertz CT molecular complexity index is 418. The Kier molecular flexibility index (Phi) is 4.51. The number of nitrogens with one attached hydrogen (secondary N) is 3. The van der Waals surface area contributed by atoms with E-state index in [1.54, 1.807) is 6.92 Å². The minimum atomic E-state index is -0.507. The molecule has 0 bridgehead atoms. The predicted octanol–water partition coefficient (Wildman–Crippen LogP) is 1.25. The average Bonchev–Trinajstić information content (AvgIpc) is 2.28. The molecule has 1 rings (SSSR count). The van der Waals surface area contributed by atoms with E-state index in [1.165, 1.54) is 7.05 Å². The molecule has 1 aromatic rings. The maximum atomic E-state index is 11.6. The van der Waals surface area contributed by atoms with E-state index in [0.29, 0.717) is 0 Å². The third-order valence-electron chi connectivity index (χ3n) is 2.26. The first-order valence-corrected chi connectivity index (χ1v) is 5.38. The van der Waals surface area contributed by atoms with Crippen LogP contribution in [0.2, 0.25) is 0 Å². The zero-order chi connectivity index (χ0) is 12.8. The molecule has 0 saturated carbocycles. The molecule has 0 heterocycles. The molecular weight excluding hydrogens is 218 g/mol. The van der Waals surface area contributed by atoms with Crippen LogP contribution in [0.1, 0.15) is 12.5 Å². The van der Waals surface area contributed by atoms with Crippen LogP contribution < -0.4 is 16.0 Å². The van der Waals surface area contributed by atoms with Crippen molar-refractivity contribution < 1.29 is 9.59 Å². The molecule has 0 fully saturated rings. The second kappa shape index (κ2) is 5.89. The van der Waals surface area contributed by atoms with Gasteiger partial charge in [0.15, 0.2) is 0 Å². The summed E-state index contributed by atoms with van der Waals surface area (Å²) in [5, 5.41) is 7.56. The summed E-state index contributed by atoms with van der Waals surface area (Å²) in [4.78, 5) is 22.5. The molecule has 17 heavy (non-hydrogen) atoms. The summed E-state index contributed by atoms with van der Waals surface area (Å²) in [5.74, 6) is -0.370. The third kappa shape index (κ3) is 4.14. The third-order valence-corrected chi connectivity index (χ3v) is 2.26. The quantitative estimate of drug-likeness (QED) is 0.738. The van der Waals surface area contributed by atoms with Crippen molar-refractivity contribution in [3.8, 4) is 0 Å². The summed E-state index contributed by atoms with van der Waals surface area (Å²) in [5.41, 5.74) is 1.96. The summed E-state index contributed by atoms with van der Waals surface area (Å²) in [7, 11) is 1.46. The molecule has 1 aromatic carbocycles. The Morgan fingerprint density at radius 1 is 1.29 bits per heavy atom. The number of carbonyl (C=O) groups is 2. The second-order valence-corrected chi connectivity index (χ2v) is 3.80. The number of rotatable bonds is 3. The van der Waals surface area contributed by atoms with Gasteiger partial charge in [-0.2, -0.15) is 0 Å². The van der Waals surface area contributed by atoms with Crippen LogP contribution in [0.5, 0.6) is 0 Å². The summed E-state index contributed by atoms with van der Waals surface area (Å²) < 4.78 is 0. The van der Waals surface area contributed by atoms with Crippen molar-refractivity contribution in [2.75, 3.05) is 12.4 Å². The normalized spacial score (nSPS) is 11.5. The molecule has 0 spiro atoms. The predicted molar refractivity (Wildman–Crippen MR) is 66.9 cm³/mol. The highest BCUT2D eigenvalue weighted by atomic mass is 16.2. The zero-order valence-electron chi connectivity index (χ0n) is 10.2. The van der Waals surface area contributed by atoms with Gasteiger partial charge < -0.3 is 10.6 Å². The fraction of sp³-hybridized carbons (Fsp3) is 0.333. The number of anilines is 1. The van der Waals surface area contributed by atoms with E-state index in [1.807, 2.05) is 31.2 Å². The second-order valence-electron chi connectivity index (χ2n) is 3.80. The van der Waals surface area contributed by atoms with Crippen molar-refractivity contribution in [2.45, 2.75) is 19.9 Å². The Morgan fingerprint density at radius 2 is 2.00 bits per heavy atom. The highest BCUT2D eigenvalue weighted by Gasteiger charge is 2.14. The first kappa shape index (κ1) is 13.0. The Labute approximate surface area is 101 Å². The van der Waals surface area contributed by atoms with Crippen molar-refractivity contribution >= 4 is 17.6 Å². The maximum absolute atomic E-state index is 11.6. The number of carbonyl (C=O) groups excluding carboxylic acids is 2. The van der Waals surface area contributed by atoms with Gasteiger partial charge in [-0.1, -0.05) is 12.1 Å². The molecule has 92 valence electrons. The van der Waals surface area contributed by atoms with Crippen molar-refractivity contribution in [1.82, 2.24) is 10.6 Å². The highest BCUT2D eigenvalue weighted by molar-refractivity contribution is 5.97. The van der Waals surface area contributed by atoms with E-state index >= 15 is 0 Å². The Balaban J connectivity index is 2.57. The standard InChI is InChI=1S/C12H17N3O2/c1-8-5-4-6-10(7-8)14-9(2)11(16)15-12(17)13-3/h4-7,9,14H,1-3H3,(H2,13,15,16,17)/t9-/m1/s1. The summed E-state index contributed by atoms with van der Waals surface area (Å²) >= 11 is 0. The van der Waals surface area contributed by atoms with Gasteiger partial charge in [0, 0.05) is 12.7 Å². The fourth-order valence-corrected chi connectivity index (χ4v) is 1.33. The van der Waals surface area contributed by atoms with Gasteiger partial charge in [0.05, 0.1) is 0 Å². The van der Waals surface area contributed by atoms with Gasteiger partial charge in [-0.15, -0.1) is 0 Å². The lowest BCUT2D eigenvalue weighted by Crippen LogP contribution is -2.44. The first-order chi connectivity index (χ1) is 8.02. The first-order valence-electron chi connectivity index (χ1n) is 5.38. The number of amides is 3. The van der Waals surface area contributed by atoms with E-state index < -0.39 is 12.1 Å². The molecule has 3 N–H and O–H groups in total. The van der Waals surface area contributed by atoms with Gasteiger partial charge in [0.2, 0.25) is 5.91 Å². The van der Waals surface area contributed by atoms with Gasteiger partial charge in [0.25, 0.3) is 0 Å². The average molecular weight is 235 g/mol. The number of hydrogen-bond acceptors (Lipinski definition) is 3. The van der Waals surface area contributed by atoms with Gasteiger partial charge in [0.1, 0.15) is 6.04 Å². The summed E-state index contributed by atoms with van der Waals surface area (Å²) in [6.07, 6.45) is 0. The number of urea groups is 1. The molecule has 3 amide bonds. The van der Waals surface area contributed by atoms with Gasteiger partial charge >= 0.3 is 6.03 Å². The van der Waals surface area contributed by atoms with Crippen LogP contribution in [0.4, 0.5) is 10.5 Å². The van der Waals surface area contributed by atoms with Crippen LogP contribution in [0.25, 0.3) is 0 Å². The van der Waals surface area contributed by atoms with Crippen LogP contribution in [-0.2, 0) is 4.79 Å². The molecule has 5 nitrogen and oxygen atoms in total. The van der Waals surface area contributed by atoms with E-state index in [-0.39, 0.29) is 5.91 Å². The van der Waals surface area contributed by atoms with Gasteiger partial charge in [-0.3, -0.25) is 10.1 Å². The highest BCUT2D eigenvalue weighted by Crippen LogP contribution is 2.10. The minimum absolute atomic E-state index is 0.370. The van der Waals surface area contributed by atoms with Crippen LogP contribution in [0, 0.1) is 6.92 Å². The largest absolute Gasteiger partial charge is 0.374 e. The molecule has 5 heteroatoms. The van der Waals surface area contributed by atoms with Crippen LogP contribution in [0.3, 0.4) is 0 Å². The Hall–Kier alpha value is -2.04.